The van der Waals surface area contributed by atoms with Gasteiger partial charge in [0.15, 0.2) is 0 Å². The highest BCUT2D eigenvalue weighted by Gasteiger charge is 2.16. The first-order valence-electron chi connectivity index (χ1n) is 5.79. The van der Waals surface area contributed by atoms with Crippen molar-refractivity contribution in [2.75, 3.05) is 0 Å². The lowest BCUT2D eigenvalue weighted by molar-refractivity contribution is -0.122. The van der Waals surface area contributed by atoms with Crippen molar-refractivity contribution in [3.8, 4) is 0 Å². The largest absolute Gasteiger partial charge is 0.350 e. The second kappa shape index (κ2) is 5.80. The van der Waals surface area contributed by atoms with Crippen molar-refractivity contribution in [3.05, 3.63) is 57.8 Å². The van der Waals surface area contributed by atoms with Crippen LogP contribution in [0.5, 0.6) is 0 Å². The number of aryl methyl sites for hydroxylation is 1. The number of carbonyl (C=O) groups is 1. The maximum Gasteiger partial charge on any atom is 0.242 e. The van der Waals surface area contributed by atoms with Crippen LogP contribution in [0.25, 0.3) is 0 Å². The van der Waals surface area contributed by atoms with Crippen molar-refractivity contribution in [2.24, 2.45) is 5.73 Å². The molecule has 3 nitrogen and oxygen atoms in total. The molecule has 0 saturated heterocycles. The first-order valence-corrected chi connectivity index (χ1v) is 6.67. The van der Waals surface area contributed by atoms with Crippen LogP contribution in [0, 0.1) is 6.92 Å². The summed E-state index contributed by atoms with van der Waals surface area (Å²) >= 11 is 1.50. The highest BCUT2D eigenvalue weighted by Crippen LogP contribution is 2.17. The first kappa shape index (κ1) is 12.8. The fourth-order valence-electron chi connectivity index (χ4n) is 1.70. The lowest BCUT2D eigenvalue weighted by Crippen LogP contribution is -2.33. The number of nitrogens with two attached hydrogens (primary N) is 1. The standard InChI is InChI=1S/C14H16N2OS/c1-10-5-2-3-6-11(10)9-16-14(17)13(15)12-7-4-8-18-12/h2-8,13H,9,15H2,1H3,(H,16,17). The molecule has 0 aliphatic heterocycles. The molecular formula is C14H16N2OS. The average molecular weight is 260 g/mol. The van der Waals surface area contributed by atoms with E-state index in [0.717, 1.165) is 10.4 Å². The van der Waals surface area contributed by atoms with Crippen molar-refractivity contribution in [1.29, 1.82) is 0 Å². The van der Waals surface area contributed by atoms with Gasteiger partial charge in [-0.15, -0.1) is 11.3 Å². The Kier molecular flexibility index (Phi) is 4.12. The number of hydrogen-bond acceptors (Lipinski definition) is 3. The number of carbonyl (C=O) groups excluding carboxylic acids is 1. The van der Waals surface area contributed by atoms with Crippen LogP contribution in [-0.2, 0) is 11.3 Å². The summed E-state index contributed by atoms with van der Waals surface area (Å²) in [5.74, 6) is -0.138. The molecule has 1 aromatic heterocycles. The zero-order valence-corrected chi connectivity index (χ0v) is 11.0. The number of benzene rings is 1. The van der Waals surface area contributed by atoms with E-state index >= 15 is 0 Å². The van der Waals surface area contributed by atoms with Crippen LogP contribution in [0.3, 0.4) is 0 Å². The average Bonchev–Trinajstić information content (AvgIpc) is 2.90. The number of hydrogen-bond donors (Lipinski definition) is 2. The Bertz CT molecular complexity index is 522. The van der Waals surface area contributed by atoms with E-state index in [1.54, 1.807) is 0 Å². The van der Waals surface area contributed by atoms with E-state index in [2.05, 4.69) is 5.32 Å². The molecule has 0 bridgehead atoms. The van der Waals surface area contributed by atoms with Crippen LogP contribution in [0.15, 0.2) is 41.8 Å². The molecule has 0 spiro atoms. The molecule has 0 saturated carbocycles. The van der Waals surface area contributed by atoms with Crippen LogP contribution >= 0.6 is 11.3 Å². The highest BCUT2D eigenvalue weighted by atomic mass is 32.1. The van der Waals surface area contributed by atoms with Gasteiger partial charge in [-0.2, -0.15) is 0 Å². The quantitative estimate of drug-likeness (QED) is 0.886. The number of amides is 1. The molecule has 4 heteroatoms. The molecule has 2 aromatic rings. The van der Waals surface area contributed by atoms with E-state index in [9.17, 15) is 4.79 Å². The van der Waals surface area contributed by atoms with E-state index in [1.165, 1.54) is 16.9 Å². The molecule has 1 heterocycles. The molecule has 1 unspecified atom stereocenters. The van der Waals surface area contributed by atoms with E-state index in [-0.39, 0.29) is 5.91 Å². The minimum absolute atomic E-state index is 0.138. The van der Waals surface area contributed by atoms with Gasteiger partial charge in [-0.25, -0.2) is 0 Å². The van der Waals surface area contributed by atoms with Crippen LogP contribution in [0.1, 0.15) is 22.0 Å². The molecular weight excluding hydrogens is 244 g/mol. The van der Waals surface area contributed by atoms with Crippen LogP contribution < -0.4 is 11.1 Å². The third kappa shape index (κ3) is 2.97. The predicted octanol–water partition coefficient (Wildman–Crippen LogP) is 2.37. The summed E-state index contributed by atoms with van der Waals surface area (Å²) < 4.78 is 0. The van der Waals surface area contributed by atoms with E-state index in [4.69, 9.17) is 5.73 Å². The summed E-state index contributed by atoms with van der Waals surface area (Å²) in [4.78, 5) is 12.8. The van der Waals surface area contributed by atoms with Gasteiger partial charge in [-0.3, -0.25) is 4.79 Å². The van der Waals surface area contributed by atoms with E-state index in [1.807, 2.05) is 48.7 Å². The summed E-state index contributed by atoms with van der Waals surface area (Å²) in [5.41, 5.74) is 8.17. The van der Waals surface area contributed by atoms with Crippen molar-refractivity contribution in [2.45, 2.75) is 19.5 Å². The van der Waals surface area contributed by atoms with Crippen LogP contribution in [0.2, 0.25) is 0 Å². The summed E-state index contributed by atoms with van der Waals surface area (Å²) in [6.07, 6.45) is 0. The minimum Gasteiger partial charge on any atom is -0.350 e. The Balaban J connectivity index is 1.95. The fraction of sp³-hybridized carbons (Fsp3) is 0.214. The van der Waals surface area contributed by atoms with Gasteiger partial charge in [0.05, 0.1) is 0 Å². The topological polar surface area (TPSA) is 55.1 Å². The second-order valence-electron chi connectivity index (χ2n) is 4.14. The summed E-state index contributed by atoms with van der Waals surface area (Å²) in [6.45, 7) is 2.55. The Hall–Kier alpha value is -1.65. The monoisotopic (exact) mass is 260 g/mol. The lowest BCUT2D eigenvalue weighted by Gasteiger charge is -2.11. The molecule has 2 rings (SSSR count). The Morgan fingerprint density at radius 2 is 2.11 bits per heavy atom. The number of rotatable bonds is 4. The zero-order chi connectivity index (χ0) is 13.0. The van der Waals surface area contributed by atoms with Gasteiger partial charge in [0, 0.05) is 11.4 Å². The molecule has 3 N–H and O–H groups in total. The van der Waals surface area contributed by atoms with Crippen molar-refractivity contribution < 1.29 is 4.79 Å². The van der Waals surface area contributed by atoms with Gasteiger partial charge in [0.25, 0.3) is 0 Å². The maximum absolute atomic E-state index is 11.9. The number of thiophene rings is 1. The third-order valence-corrected chi connectivity index (χ3v) is 3.80. The van der Waals surface area contributed by atoms with Gasteiger partial charge in [-0.1, -0.05) is 30.3 Å². The molecule has 1 aromatic carbocycles. The maximum atomic E-state index is 11.9. The molecule has 0 radical (unpaired) electrons. The molecule has 18 heavy (non-hydrogen) atoms. The predicted molar refractivity (Wildman–Crippen MR) is 74.3 cm³/mol. The first-order chi connectivity index (χ1) is 8.68. The normalized spacial score (nSPS) is 12.1. The highest BCUT2D eigenvalue weighted by molar-refractivity contribution is 7.10. The van der Waals surface area contributed by atoms with Crippen molar-refractivity contribution in [3.63, 3.8) is 0 Å². The van der Waals surface area contributed by atoms with Crippen molar-refractivity contribution >= 4 is 17.2 Å². The Morgan fingerprint density at radius 1 is 1.33 bits per heavy atom. The zero-order valence-electron chi connectivity index (χ0n) is 10.2. The van der Waals surface area contributed by atoms with Gasteiger partial charge in [-0.05, 0) is 29.5 Å². The molecule has 0 aliphatic rings. The molecule has 1 amide bonds. The lowest BCUT2D eigenvalue weighted by atomic mass is 10.1. The summed E-state index contributed by atoms with van der Waals surface area (Å²) in [6, 6.07) is 11.2. The molecule has 1 atom stereocenters. The van der Waals surface area contributed by atoms with E-state index in [0.29, 0.717) is 6.54 Å². The number of nitrogens with one attached hydrogen (secondary N) is 1. The summed E-state index contributed by atoms with van der Waals surface area (Å²) in [7, 11) is 0. The van der Waals surface area contributed by atoms with Crippen LogP contribution in [-0.4, -0.2) is 5.91 Å². The van der Waals surface area contributed by atoms with Gasteiger partial charge in [0.2, 0.25) is 5.91 Å². The summed E-state index contributed by atoms with van der Waals surface area (Å²) in [5, 5.41) is 4.79. The van der Waals surface area contributed by atoms with Gasteiger partial charge in [0.1, 0.15) is 6.04 Å². The van der Waals surface area contributed by atoms with Gasteiger partial charge < -0.3 is 11.1 Å². The van der Waals surface area contributed by atoms with Gasteiger partial charge >= 0.3 is 0 Å². The van der Waals surface area contributed by atoms with Crippen LogP contribution in [0.4, 0.5) is 0 Å². The van der Waals surface area contributed by atoms with Crippen molar-refractivity contribution in [1.82, 2.24) is 5.32 Å². The third-order valence-electron chi connectivity index (χ3n) is 2.85. The Labute approximate surface area is 111 Å². The fourth-order valence-corrected chi connectivity index (χ4v) is 2.42. The minimum atomic E-state index is -0.575. The SMILES string of the molecule is Cc1ccccc1CNC(=O)C(N)c1cccs1. The molecule has 0 aliphatic carbocycles. The smallest absolute Gasteiger partial charge is 0.242 e. The Morgan fingerprint density at radius 3 is 2.78 bits per heavy atom. The van der Waals surface area contributed by atoms with E-state index < -0.39 is 6.04 Å². The second-order valence-corrected chi connectivity index (χ2v) is 5.12. The molecule has 94 valence electrons. The molecule has 0 fully saturated rings.